The summed E-state index contributed by atoms with van der Waals surface area (Å²) in [5.74, 6) is -0.0428. The molecule has 0 bridgehead atoms. The van der Waals surface area contributed by atoms with Crippen LogP contribution in [-0.4, -0.2) is 48.3 Å². The number of benzene rings is 1. The molecule has 0 aromatic heterocycles. The lowest BCUT2D eigenvalue weighted by atomic mass is 10.2. The van der Waals surface area contributed by atoms with Gasteiger partial charge in [0, 0.05) is 27.6 Å². The number of carbonyl (C=O) groups is 1. The molecule has 0 saturated carbocycles. The van der Waals surface area contributed by atoms with Crippen molar-refractivity contribution in [3.05, 3.63) is 32.7 Å². The van der Waals surface area contributed by atoms with Crippen molar-refractivity contribution in [3.8, 4) is 0 Å². The van der Waals surface area contributed by atoms with Crippen LogP contribution in [0.2, 0.25) is 0 Å². The average Bonchev–Trinajstić information content (AvgIpc) is 2.37. The van der Waals surface area contributed by atoms with Crippen LogP contribution in [0.25, 0.3) is 0 Å². The number of hydrogen-bond acceptors (Lipinski definition) is 3. The van der Waals surface area contributed by atoms with E-state index in [1.807, 2.05) is 6.07 Å². The number of nitrogens with zero attached hydrogens (tertiary/aromatic N) is 1. The second-order valence-electron chi connectivity index (χ2n) is 4.08. The molecule has 6 heteroatoms. The first-order chi connectivity index (χ1) is 8.60. The molecule has 0 aliphatic carbocycles. The van der Waals surface area contributed by atoms with Crippen LogP contribution < -0.4 is 0 Å². The third kappa shape index (κ3) is 3.32. The third-order valence-corrected chi connectivity index (χ3v) is 3.65. The Balaban J connectivity index is 2.15. The second kappa shape index (κ2) is 6.14. The maximum atomic E-state index is 12.3. The Kier molecular flexibility index (Phi) is 4.77. The summed E-state index contributed by atoms with van der Waals surface area (Å²) >= 11 is 6.73. The molecule has 4 nitrogen and oxygen atoms in total. The Bertz CT molecular complexity index is 433. The Morgan fingerprint density at radius 3 is 2.67 bits per heavy atom. The van der Waals surface area contributed by atoms with Gasteiger partial charge in [-0.2, -0.15) is 0 Å². The van der Waals surface area contributed by atoms with Gasteiger partial charge in [0.2, 0.25) is 0 Å². The zero-order valence-electron chi connectivity index (χ0n) is 9.60. The van der Waals surface area contributed by atoms with Gasteiger partial charge in [-0.1, -0.05) is 31.9 Å². The van der Waals surface area contributed by atoms with Gasteiger partial charge in [0.15, 0.2) is 0 Å². The number of halogens is 2. The molecule has 0 radical (unpaired) electrons. The highest BCUT2D eigenvalue weighted by Crippen LogP contribution is 2.21. The maximum Gasteiger partial charge on any atom is 0.254 e. The number of ether oxygens (including phenoxy) is 1. The van der Waals surface area contributed by atoms with Crippen molar-refractivity contribution in [3.63, 3.8) is 0 Å². The molecule has 1 heterocycles. The van der Waals surface area contributed by atoms with Gasteiger partial charge in [-0.25, -0.2) is 0 Å². The predicted octanol–water partition coefficient (Wildman–Crippen LogP) is 2.04. The van der Waals surface area contributed by atoms with Crippen LogP contribution in [0.4, 0.5) is 0 Å². The van der Waals surface area contributed by atoms with Crippen LogP contribution in [-0.2, 0) is 4.74 Å². The minimum Gasteiger partial charge on any atom is -0.394 e. The van der Waals surface area contributed by atoms with Gasteiger partial charge in [0.1, 0.15) is 0 Å². The predicted molar refractivity (Wildman–Crippen MR) is 74.6 cm³/mol. The Labute approximate surface area is 122 Å². The van der Waals surface area contributed by atoms with Crippen molar-refractivity contribution >= 4 is 37.8 Å². The topological polar surface area (TPSA) is 49.8 Å². The molecule has 1 N–H and O–H groups in total. The maximum absolute atomic E-state index is 12.3. The van der Waals surface area contributed by atoms with Crippen molar-refractivity contribution in [2.45, 2.75) is 6.10 Å². The summed E-state index contributed by atoms with van der Waals surface area (Å²) in [5, 5.41) is 9.07. The highest BCUT2D eigenvalue weighted by Gasteiger charge is 2.24. The van der Waals surface area contributed by atoms with Crippen LogP contribution in [0.1, 0.15) is 10.4 Å². The zero-order chi connectivity index (χ0) is 13.1. The summed E-state index contributed by atoms with van der Waals surface area (Å²) in [7, 11) is 0. The first-order valence-electron chi connectivity index (χ1n) is 5.58. The molecule has 18 heavy (non-hydrogen) atoms. The fourth-order valence-electron chi connectivity index (χ4n) is 1.87. The molecule has 1 aromatic carbocycles. The van der Waals surface area contributed by atoms with E-state index in [-0.39, 0.29) is 18.6 Å². The largest absolute Gasteiger partial charge is 0.394 e. The van der Waals surface area contributed by atoms with Gasteiger partial charge in [-0.15, -0.1) is 0 Å². The van der Waals surface area contributed by atoms with Crippen molar-refractivity contribution in [2.24, 2.45) is 0 Å². The molecule has 1 atom stereocenters. The molecule has 1 unspecified atom stereocenters. The number of morpholine rings is 1. The Morgan fingerprint density at radius 2 is 2.06 bits per heavy atom. The van der Waals surface area contributed by atoms with Crippen LogP contribution >= 0.6 is 31.9 Å². The molecular formula is C12H13Br2NO3. The smallest absolute Gasteiger partial charge is 0.254 e. The number of rotatable bonds is 2. The summed E-state index contributed by atoms with van der Waals surface area (Å²) in [5.41, 5.74) is 0.620. The van der Waals surface area contributed by atoms with Gasteiger partial charge in [0.05, 0.1) is 19.3 Å². The summed E-state index contributed by atoms with van der Waals surface area (Å²) in [4.78, 5) is 14.0. The van der Waals surface area contributed by atoms with Crippen LogP contribution in [0.5, 0.6) is 0 Å². The van der Waals surface area contributed by atoms with E-state index in [0.29, 0.717) is 25.3 Å². The molecule has 1 aliphatic heterocycles. The molecule has 98 valence electrons. The van der Waals surface area contributed by atoms with Gasteiger partial charge < -0.3 is 14.7 Å². The summed E-state index contributed by atoms with van der Waals surface area (Å²) in [6.45, 7) is 1.39. The fourth-order valence-corrected chi connectivity index (χ4v) is 3.17. The van der Waals surface area contributed by atoms with Gasteiger partial charge in [-0.3, -0.25) is 4.79 Å². The first kappa shape index (κ1) is 14.0. The summed E-state index contributed by atoms with van der Waals surface area (Å²) in [6.07, 6.45) is -0.279. The second-order valence-corrected chi connectivity index (χ2v) is 5.92. The quantitative estimate of drug-likeness (QED) is 0.856. The lowest BCUT2D eigenvalue weighted by Gasteiger charge is -2.32. The molecule has 1 aliphatic rings. The van der Waals surface area contributed by atoms with Crippen molar-refractivity contribution in [2.75, 3.05) is 26.3 Å². The molecule has 1 amide bonds. The normalized spacial score (nSPS) is 19.9. The van der Waals surface area contributed by atoms with Crippen molar-refractivity contribution < 1.29 is 14.6 Å². The molecule has 1 fully saturated rings. The summed E-state index contributed by atoms with van der Waals surface area (Å²) in [6, 6.07) is 5.46. The van der Waals surface area contributed by atoms with E-state index in [1.54, 1.807) is 17.0 Å². The third-order valence-electron chi connectivity index (χ3n) is 2.74. The minimum absolute atomic E-state index is 0.0428. The highest BCUT2D eigenvalue weighted by atomic mass is 79.9. The van der Waals surface area contributed by atoms with Crippen LogP contribution in [0.3, 0.4) is 0 Å². The number of amides is 1. The molecule has 0 spiro atoms. The number of hydrogen-bond donors (Lipinski definition) is 1. The molecule has 2 rings (SSSR count). The lowest BCUT2D eigenvalue weighted by molar-refractivity contribution is -0.0447. The molecule has 1 saturated heterocycles. The highest BCUT2D eigenvalue weighted by molar-refractivity contribution is 9.11. The SMILES string of the molecule is O=C(c1cc(Br)cc(Br)c1)N1CCOC(CO)C1. The van der Waals surface area contributed by atoms with E-state index in [1.165, 1.54) is 0 Å². The van der Waals surface area contributed by atoms with Gasteiger partial charge in [0.25, 0.3) is 5.91 Å². The minimum atomic E-state index is -0.279. The van der Waals surface area contributed by atoms with Crippen molar-refractivity contribution in [1.29, 1.82) is 0 Å². The zero-order valence-corrected chi connectivity index (χ0v) is 12.8. The van der Waals surface area contributed by atoms with E-state index >= 15 is 0 Å². The van der Waals surface area contributed by atoms with Crippen LogP contribution in [0.15, 0.2) is 27.1 Å². The van der Waals surface area contributed by atoms with Gasteiger partial charge >= 0.3 is 0 Å². The number of aliphatic hydroxyl groups is 1. The number of carbonyl (C=O) groups excluding carboxylic acids is 1. The standard InChI is InChI=1S/C12H13Br2NO3/c13-9-3-8(4-10(14)5-9)12(17)15-1-2-18-11(6-15)7-16/h3-5,11,16H,1-2,6-7H2. The number of aliphatic hydroxyl groups excluding tert-OH is 1. The monoisotopic (exact) mass is 377 g/mol. The molecular weight excluding hydrogens is 366 g/mol. The summed E-state index contributed by atoms with van der Waals surface area (Å²) < 4.78 is 7.04. The van der Waals surface area contributed by atoms with E-state index in [2.05, 4.69) is 31.9 Å². The Morgan fingerprint density at radius 1 is 1.39 bits per heavy atom. The van der Waals surface area contributed by atoms with E-state index < -0.39 is 0 Å². The lowest BCUT2D eigenvalue weighted by Crippen LogP contribution is -2.46. The molecule has 1 aromatic rings. The first-order valence-corrected chi connectivity index (χ1v) is 7.16. The van der Waals surface area contributed by atoms with Crippen LogP contribution in [0, 0.1) is 0 Å². The van der Waals surface area contributed by atoms with E-state index in [4.69, 9.17) is 9.84 Å². The fraction of sp³-hybridized carbons (Fsp3) is 0.417. The van der Waals surface area contributed by atoms with E-state index in [9.17, 15) is 4.79 Å². The van der Waals surface area contributed by atoms with E-state index in [0.717, 1.165) is 8.95 Å². The Hall–Kier alpha value is -0.430. The van der Waals surface area contributed by atoms with Gasteiger partial charge in [-0.05, 0) is 18.2 Å². The van der Waals surface area contributed by atoms with Crippen molar-refractivity contribution in [1.82, 2.24) is 4.90 Å². The average molecular weight is 379 g/mol.